The summed E-state index contributed by atoms with van der Waals surface area (Å²) in [6.07, 6.45) is 3.01. The third kappa shape index (κ3) is 3.64. The monoisotopic (exact) mass is 338 g/mol. The van der Waals surface area contributed by atoms with Crippen LogP contribution < -0.4 is 11.1 Å². The van der Waals surface area contributed by atoms with Crippen molar-refractivity contribution in [3.63, 3.8) is 0 Å². The summed E-state index contributed by atoms with van der Waals surface area (Å²) in [6, 6.07) is 1.90. The summed E-state index contributed by atoms with van der Waals surface area (Å²) in [5.41, 5.74) is 8.29. The minimum Gasteiger partial charge on any atom is -0.352 e. The second kappa shape index (κ2) is 7.27. The first-order chi connectivity index (χ1) is 10.6. The van der Waals surface area contributed by atoms with Crippen LogP contribution in [0.5, 0.6) is 0 Å². The number of amides is 1. The van der Waals surface area contributed by atoms with Gasteiger partial charge in [-0.15, -0.1) is 12.4 Å². The van der Waals surface area contributed by atoms with Crippen molar-refractivity contribution in [2.45, 2.75) is 44.9 Å². The third-order valence-corrected chi connectivity index (χ3v) is 3.95. The number of fused-ring (bicyclic) bond motifs is 1. The van der Waals surface area contributed by atoms with Crippen LogP contribution in [0.15, 0.2) is 10.6 Å². The summed E-state index contributed by atoms with van der Waals surface area (Å²) in [6.45, 7) is 5.19. The molecule has 126 valence electrons. The van der Waals surface area contributed by atoms with Gasteiger partial charge in [-0.05, 0) is 37.8 Å². The predicted molar refractivity (Wildman–Crippen MR) is 91.1 cm³/mol. The molecule has 0 aliphatic heterocycles. The van der Waals surface area contributed by atoms with Crippen LogP contribution >= 0.6 is 12.4 Å². The van der Waals surface area contributed by atoms with Crippen molar-refractivity contribution in [2.75, 3.05) is 13.1 Å². The molecular formula is C16H23ClN4O2. The van der Waals surface area contributed by atoms with Gasteiger partial charge in [0.25, 0.3) is 11.6 Å². The molecule has 1 amide bonds. The molecule has 2 heterocycles. The molecule has 1 aliphatic rings. The van der Waals surface area contributed by atoms with Gasteiger partial charge in [-0.1, -0.05) is 19.0 Å². The molecule has 6 nitrogen and oxygen atoms in total. The van der Waals surface area contributed by atoms with Gasteiger partial charge in [0.05, 0.1) is 16.6 Å². The van der Waals surface area contributed by atoms with Gasteiger partial charge in [-0.3, -0.25) is 4.79 Å². The number of nitrogens with zero attached hydrogens (tertiary/aromatic N) is 2. The summed E-state index contributed by atoms with van der Waals surface area (Å²) >= 11 is 0. The van der Waals surface area contributed by atoms with Crippen LogP contribution in [0.1, 0.15) is 66.7 Å². The number of rotatable bonds is 6. The quantitative estimate of drug-likeness (QED) is 0.790. The van der Waals surface area contributed by atoms with E-state index in [2.05, 4.69) is 15.5 Å². The molecule has 3 N–H and O–H groups in total. The lowest BCUT2D eigenvalue weighted by atomic mass is 10.0. The number of nitrogens with one attached hydrogen (secondary N) is 1. The fraction of sp³-hybridized carbons (Fsp3) is 0.562. The molecular weight excluding hydrogens is 316 g/mol. The number of aromatic nitrogens is 2. The van der Waals surface area contributed by atoms with Gasteiger partial charge in [0.2, 0.25) is 0 Å². The van der Waals surface area contributed by atoms with Crippen molar-refractivity contribution in [3.8, 4) is 0 Å². The Labute approximate surface area is 141 Å². The van der Waals surface area contributed by atoms with Crippen molar-refractivity contribution in [1.82, 2.24) is 15.5 Å². The molecule has 1 aliphatic carbocycles. The summed E-state index contributed by atoms with van der Waals surface area (Å²) in [4.78, 5) is 17.1. The Balaban J connectivity index is 0.00000192. The maximum absolute atomic E-state index is 12.6. The summed E-state index contributed by atoms with van der Waals surface area (Å²) in [5.74, 6) is 0.519. The topological polar surface area (TPSA) is 94.0 Å². The Morgan fingerprint density at radius 3 is 2.83 bits per heavy atom. The Bertz CT molecular complexity index is 695. The molecule has 1 saturated carbocycles. The maximum atomic E-state index is 12.6. The highest BCUT2D eigenvalue weighted by Crippen LogP contribution is 2.41. The highest BCUT2D eigenvalue weighted by Gasteiger charge is 2.29. The van der Waals surface area contributed by atoms with E-state index in [1.54, 1.807) is 0 Å². The van der Waals surface area contributed by atoms with Crippen LogP contribution in [0.2, 0.25) is 0 Å². The predicted octanol–water partition coefficient (Wildman–Crippen LogP) is 2.72. The molecule has 2 aromatic rings. The van der Waals surface area contributed by atoms with Gasteiger partial charge in [0, 0.05) is 18.2 Å². The number of pyridine rings is 1. The first kappa shape index (κ1) is 17.7. The first-order valence-electron chi connectivity index (χ1n) is 7.90. The molecule has 0 radical (unpaired) electrons. The lowest BCUT2D eigenvalue weighted by Gasteiger charge is -2.08. The van der Waals surface area contributed by atoms with Gasteiger partial charge in [-0.25, -0.2) is 4.98 Å². The lowest BCUT2D eigenvalue weighted by Crippen LogP contribution is -2.26. The molecule has 1 fully saturated rings. The Morgan fingerprint density at radius 2 is 2.22 bits per heavy atom. The number of halogens is 1. The Morgan fingerprint density at radius 1 is 1.48 bits per heavy atom. The molecule has 0 atom stereocenters. The fourth-order valence-electron chi connectivity index (χ4n) is 2.55. The van der Waals surface area contributed by atoms with Gasteiger partial charge < -0.3 is 15.6 Å². The van der Waals surface area contributed by atoms with E-state index >= 15 is 0 Å². The average molecular weight is 339 g/mol. The first-order valence-corrected chi connectivity index (χ1v) is 7.90. The van der Waals surface area contributed by atoms with E-state index in [0.29, 0.717) is 30.3 Å². The third-order valence-electron chi connectivity index (χ3n) is 3.95. The molecule has 2 aromatic heterocycles. The molecule has 0 bridgehead atoms. The number of hydrogen-bond acceptors (Lipinski definition) is 5. The zero-order valence-corrected chi connectivity index (χ0v) is 14.3. The van der Waals surface area contributed by atoms with E-state index in [-0.39, 0.29) is 24.2 Å². The van der Waals surface area contributed by atoms with Crippen LogP contribution in [0.3, 0.4) is 0 Å². The number of nitrogens with two attached hydrogens (primary N) is 1. The van der Waals surface area contributed by atoms with E-state index in [9.17, 15) is 4.79 Å². The molecule has 0 saturated heterocycles. The lowest BCUT2D eigenvalue weighted by molar-refractivity contribution is 0.0955. The zero-order chi connectivity index (χ0) is 15.7. The fourth-order valence-corrected chi connectivity index (χ4v) is 2.55. The van der Waals surface area contributed by atoms with Gasteiger partial charge in [-0.2, -0.15) is 0 Å². The second-order valence-electron chi connectivity index (χ2n) is 6.17. The number of carbonyl (C=O) groups excluding carboxylic acids is 1. The molecule has 0 spiro atoms. The molecule has 3 rings (SSSR count). The highest BCUT2D eigenvalue weighted by atomic mass is 35.5. The van der Waals surface area contributed by atoms with E-state index in [0.717, 1.165) is 36.0 Å². The SMILES string of the molecule is CC(C)c1noc2nc(C3CC3)cc(C(=O)NCCCN)c12.Cl. The second-order valence-corrected chi connectivity index (χ2v) is 6.17. The molecule has 0 unspecified atom stereocenters. The number of carbonyl (C=O) groups is 1. The van der Waals surface area contributed by atoms with Crippen molar-refractivity contribution in [3.05, 3.63) is 23.0 Å². The highest BCUT2D eigenvalue weighted by molar-refractivity contribution is 6.06. The number of hydrogen-bond donors (Lipinski definition) is 2. The molecule has 0 aromatic carbocycles. The van der Waals surface area contributed by atoms with Crippen LogP contribution in [0.25, 0.3) is 11.1 Å². The van der Waals surface area contributed by atoms with Crippen LogP contribution in [-0.2, 0) is 0 Å². The van der Waals surface area contributed by atoms with Crippen molar-refractivity contribution >= 4 is 29.4 Å². The van der Waals surface area contributed by atoms with E-state index in [1.165, 1.54) is 0 Å². The summed E-state index contributed by atoms with van der Waals surface area (Å²) < 4.78 is 5.38. The minimum atomic E-state index is -0.104. The smallest absolute Gasteiger partial charge is 0.259 e. The minimum absolute atomic E-state index is 0. The largest absolute Gasteiger partial charge is 0.352 e. The maximum Gasteiger partial charge on any atom is 0.259 e. The van der Waals surface area contributed by atoms with Crippen molar-refractivity contribution in [2.24, 2.45) is 5.73 Å². The van der Waals surface area contributed by atoms with Gasteiger partial charge in [0.1, 0.15) is 0 Å². The average Bonchev–Trinajstić information content (AvgIpc) is 3.25. The Kier molecular flexibility index (Phi) is 5.59. The van der Waals surface area contributed by atoms with E-state index in [4.69, 9.17) is 10.3 Å². The van der Waals surface area contributed by atoms with Gasteiger partial charge >= 0.3 is 0 Å². The molecule has 23 heavy (non-hydrogen) atoms. The van der Waals surface area contributed by atoms with Crippen LogP contribution in [-0.4, -0.2) is 29.1 Å². The standard InChI is InChI=1S/C16H22N4O2.ClH/c1-9(2)14-13-11(15(21)18-7-3-6-17)8-12(10-4-5-10)19-16(13)22-20-14;/h8-10H,3-7,17H2,1-2H3,(H,18,21);1H. The normalized spacial score (nSPS) is 14.1. The van der Waals surface area contributed by atoms with Crippen molar-refractivity contribution in [1.29, 1.82) is 0 Å². The van der Waals surface area contributed by atoms with E-state index in [1.807, 2.05) is 19.9 Å². The van der Waals surface area contributed by atoms with Crippen LogP contribution in [0.4, 0.5) is 0 Å². The summed E-state index contributed by atoms with van der Waals surface area (Å²) in [5, 5.41) is 7.78. The van der Waals surface area contributed by atoms with E-state index < -0.39 is 0 Å². The summed E-state index contributed by atoms with van der Waals surface area (Å²) in [7, 11) is 0. The van der Waals surface area contributed by atoms with Crippen molar-refractivity contribution < 1.29 is 9.32 Å². The molecule has 7 heteroatoms. The Hall–Kier alpha value is -1.66. The van der Waals surface area contributed by atoms with Crippen LogP contribution in [0, 0.1) is 0 Å². The zero-order valence-electron chi connectivity index (χ0n) is 13.5. The van der Waals surface area contributed by atoms with Gasteiger partial charge in [0.15, 0.2) is 0 Å².